The number of hydrogen-bond acceptors (Lipinski definition) is 5. The van der Waals surface area contributed by atoms with Crippen molar-refractivity contribution in [3.05, 3.63) is 58.2 Å². The number of halogens is 3. The second-order valence-corrected chi connectivity index (χ2v) is 8.71. The van der Waals surface area contributed by atoms with Crippen LogP contribution in [0, 0.1) is 6.92 Å². The minimum Gasteiger partial charge on any atom is -0.298 e. The van der Waals surface area contributed by atoms with Gasteiger partial charge in [0.05, 0.1) is 27.9 Å². The van der Waals surface area contributed by atoms with E-state index in [4.69, 9.17) is 4.98 Å². The number of aromatic nitrogens is 4. The number of carbonyl (C=O) groups excluding carboxylic acids is 1. The topological polar surface area (TPSA) is 72.7 Å². The Hall–Kier alpha value is -3.27. The Morgan fingerprint density at radius 1 is 1.22 bits per heavy atom. The van der Waals surface area contributed by atoms with Gasteiger partial charge in [0.15, 0.2) is 10.8 Å². The van der Waals surface area contributed by atoms with Crippen LogP contribution in [0.25, 0.3) is 22.3 Å². The summed E-state index contributed by atoms with van der Waals surface area (Å²) in [5.74, 6) is 0.00822. The largest absolute Gasteiger partial charge is 0.416 e. The number of alkyl halides is 3. The van der Waals surface area contributed by atoms with Gasteiger partial charge in [0.1, 0.15) is 0 Å². The molecule has 32 heavy (non-hydrogen) atoms. The first-order valence-electron chi connectivity index (χ1n) is 9.99. The van der Waals surface area contributed by atoms with E-state index in [0.29, 0.717) is 44.6 Å². The van der Waals surface area contributed by atoms with Crippen LogP contribution in [0.15, 0.2) is 35.7 Å². The average Bonchev–Trinajstić information content (AvgIpc) is 3.43. The van der Waals surface area contributed by atoms with Gasteiger partial charge >= 0.3 is 6.18 Å². The molecule has 0 atom stereocenters. The third kappa shape index (κ3) is 3.75. The van der Waals surface area contributed by atoms with Crippen LogP contribution >= 0.6 is 11.3 Å². The van der Waals surface area contributed by atoms with Crippen LogP contribution in [0.2, 0.25) is 0 Å². The molecule has 0 aliphatic heterocycles. The third-order valence-electron chi connectivity index (χ3n) is 5.44. The minimum absolute atomic E-state index is 0.307. The van der Waals surface area contributed by atoms with Crippen LogP contribution in [0.3, 0.4) is 0 Å². The summed E-state index contributed by atoms with van der Waals surface area (Å²) < 4.78 is 40.7. The van der Waals surface area contributed by atoms with Gasteiger partial charge in [0, 0.05) is 29.6 Å². The lowest BCUT2D eigenvalue weighted by molar-refractivity contribution is -0.137. The zero-order chi connectivity index (χ0) is 22.6. The molecule has 0 radical (unpaired) electrons. The first-order valence-corrected chi connectivity index (χ1v) is 10.9. The molecule has 5 rings (SSSR count). The maximum Gasteiger partial charge on any atom is 0.416 e. The molecule has 164 valence electrons. The van der Waals surface area contributed by atoms with Gasteiger partial charge in [-0.25, -0.2) is 9.97 Å². The predicted molar refractivity (Wildman–Crippen MR) is 116 cm³/mol. The summed E-state index contributed by atoms with van der Waals surface area (Å²) in [5.41, 5.74) is 2.65. The highest BCUT2D eigenvalue weighted by atomic mass is 32.1. The number of hydrogen-bond donors (Lipinski definition) is 1. The van der Waals surface area contributed by atoms with E-state index in [1.165, 1.54) is 6.07 Å². The van der Waals surface area contributed by atoms with E-state index in [2.05, 4.69) is 15.4 Å². The quantitative estimate of drug-likeness (QED) is 0.436. The van der Waals surface area contributed by atoms with E-state index in [1.807, 2.05) is 13.0 Å². The molecule has 0 bridgehead atoms. The lowest BCUT2D eigenvalue weighted by Gasteiger charge is -2.08. The molecule has 3 aromatic heterocycles. The van der Waals surface area contributed by atoms with Crippen LogP contribution in [0.4, 0.5) is 18.3 Å². The van der Waals surface area contributed by atoms with E-state index in [-0.39, 0.29) is 5.91 Å². The van der Waals surface area contributed by atoms with Crippen molar-refractivity contribution in [1.82, 2.24) is 19.7 Å². The van der Waals surface area contributed by atoms with Crippen molar-refractivity contribution in [3.8, 4) is 11.3 Å². The number of pyridine rings is 1. The molecule has 1 saturated carbocycles. The SMILES string of the molecule is Cc1nn(C)c2nc(C3CC3)cc(C(=O)Nc3nc(-c4cccc(C(F)(F)F)c4)cs3)c12. The Kier molecular flexibility index (Phi) is 4.77. The average molecular weight is 457 g/mol. The van der Waals surface area contributed by atoms with E-state index >= 15 is 0 Å². The number of fused-ring (bicyclic) bond motifs is 1. The number of amides is 1. The fourth-order valence-corrected chi connectivity index (χ4v) is 4.43. The highest BCUT2D eigenvalue weighted by Gasteiger charge is 2.31. The second-order valence-electron chi connectivity index (χ2n) is 7.85. The van der Waals surface area contributed by atoms with Gasteiger partial charge in [-0.05, 0) is 38.0 Å². The number of benzene rings is 1. The maximum absolute atomic E-state index is 13.2. The summed E-state index contributed by atoms with van der Waals surface area (Å²) in [5, 5.41) is 9.81. The summed E-state index contributed by atoms with van der Waals surface area (Å²) in [6.45, 7) is 1.83. The lowest BCUT2D eigenvalue weighted by atomic mass is 10.1. The van der Waals surface area contributed by atoms with E-state index in [0.717, 1.165) is 42.0 Å². The van der Waals surface area contributed by atoms with Crippen LogP contribution in [0.5, 0.6) is 0 Å². The smallest absolute Gasteiger partial charge is 0.298 e. The van der Waals surface area contributed by atoms with E-state index < -0.39 is 11.7 Å². The van der Waals surface area contributed by atoms with Crippen LogP contribution < -0.4 is 5.32 Å². The van der Waals surface area contributed by atoms with Gasteiger partial charge in [0.2, 0.25) is 0 Å². The second kappa shape index (κ2) is 7.40. The number of nitrogens with zero attached hydrogens (tertiary/aromatic N) is 4. The van der Waals surface area contributed by atoms with Crippen molar-refractivity contribution in [2.75, 3.05) is 5.32 Å². The van der Waals surface area contributed by atoms with Crippen LogP contribution in [0.1, 0.15) is 46.1 Å². The lowest BCUT2D eigenvalue weighted by Crippen LogP contribution is -2.13. The molecular formula is C22H18F3N5OS. The van der Waals surface area contributed by atoms with Gasteiger partial charge in [-0.3, -0.25) is 14.8 Å². The molecule has 1 aliphatic rings. The molecule has 6 nitrogen and oxygen atoms in total. The van der Waals surface area contributed by atoms with Crippen molar-refractivity contribution in [2.45, 2.75) is 31.9 Å². The monoisotopic (exact) mass is 457 g/mol. The molecule has 0 saturated heterocycles. The Morgan fingerprint density at radius 3 is 2.72 bits per heavy atom. The van der Waals surface area contributed by atoms with E-state index in [9.17, 15) is 18.0 Å². The molecule has 1 N–H and O–H groups in total. The van der Waals surface area contributed by atoms with E-state index in [1.54, 1.807) is 23.2 Å². The Morgan fingerprint density at radius 2 is 2.00 bits per heavy atom. The van der Waals surface area contributed by atoms with Gasteiger partial charge in [-0.15, -0.1) is 11.3 Å². The minimum atomic E-state index is -4.43. The number of anilines is 1. The van der Waals surface area contributed by atoms with Gasteiger partial charge in [0.25, 0.3) is 5.91 Å². The Bertz CT molecular complexity index is 1350. The van der Waals surface area contributed by atoms with Gasteiger partial charge in [-0.2, -0.15) is 18.3 Å². The summed E-state index contributed by atoms with van der Waals surface area (Å²) in [6.07, 6.45) is -2.34. The number of carbonyl (C=O) groups is 1. The molecule has 3 heterocycles. The van der Waals surface area contributed by atoms with Crippen LogP contribution in [-0.4, -0.2) is 25.7 Å². The van der Waals surface area contributed by atoms with Crippen molar-refractivity contribution in [3.63, 3.8) is 0 Å². The number of nitrogens with one attached hydrogen (secondary N) is 1. The highest BCUT2D eigenvalue weighted by molar-refractivity contribution is 7.14. The Labute approximate surface area is 185 Å². The number of thiazole rings is 1. The fraction of sp³-hybridized carbons (Fsp3) is 0.273. The number of aryl methyl sites for hydroxylation is 2. The zero-order valence-corrected chi connectivity index (χ0v) is 18.0. The number of rotatable bonds is 4. The molecule has 0 spiro atoms. The molecular weight excluding hydrogens is 439 g/mol. The first kappa shape index (κ1) is 20.6. The summed E-state index contributed by atoms with van der Waals surface area (Å²) in [4.78, 5) is 22.2. The molecule has 1 aromatic carbocycles. The standard InChI is InChI=1S/C22H18F3N5OS/c1-11-18-15(9-16(12-6-7-12)26-19(18)30(2)29-11)20(31)28-21-27-17(10-32-21)13-4-3-5-14(8-13)22(23,24)25/h3-5,8-10,12H,6-7H2,1-2H3,(H,27,28,31). The zero-order valence-electron chi connectivity index (χ0n) is 17.2. The van der Waals surface area contributed by atoms with Crippen molar-refractivity contribution >= 4 is 33.4 Å². The molecule has 1 aliphatic carbocycles. The first-order chi connectivity index (χ1) is 15.2. The molecule has 4 aromatic rings. The highest BCUT2D eigenvalue weighted by Crippen LogP contribution is 2.40. The molecule has 0 unspecified atom stereocenters. The van der Waals surface area contributed by atoms with Crippen molar-refractivity contribution in [1.29, 1.82) is 0 Å². The normalized spacial score (nSPS) is 14.2. The summed E-state index contributed by atoms with van der Waals surface area (Å²) in [7, 11) is 1.79. The summed E-state index contributed by atoms with van der Waals surface area (Å²) >= 11 is 1.16. The fourth-order valence-electron chi connectivity index (χ4n) is 3.71. The third-order valence-corrected chi connectivity index (χ3v) is 6.20. The molecule has 10 heteroatoms. The Balaban J connectivity index is 1.46. The summed E-state index contributed by atoms with van der Waals surface area (Å²) in [6, 6.07) is 6.78. The maximum atomic E-state index is 13.2. The predicted octanol–water partition coefficient (Wildman–Crippen LogP) is 5.55. The van der Waals surface area contributed by atoms with Gasteiger partial charge < -0.3 is 0 Å². The van der Waals surface area contributed by atoms with Crippen molar-refractivity contribution < 1.29 is 18.0 Å². The molecule has 1 fully saturated rings. The van der Waals surface area contributed by atoms with Crippen molar-refractivity contribution in [2.24, 2.45) is 7.05 Å². The molecule has 1 amide bonds. The van der Waals surface area contributed by atoms with Crippen LogP contribution in [-0.2, 0) is 13.2 Å². The van der Waals surface area contributed by atoms with Gasteiger partial charge in [-0.1, -0.05) is 12.1 Å².